The first-order valence-corrected chi connectivity index (χ1v) is 10.1. The van der Waals surface area contributed by atoms with Gasteiger partial charge in [0.15, 0.2) is 6.03 Å². The van der Waals surface area contributed by atoms with Crippen molar-refractivity contribution >= 4 is 32.3 Å². The molecule has 3 heterocycles. The molecule has 15 heteroatoms. The van der Waals surface area contributed by atoms with Crippen LogP contribution < -0.4 is 34.3 Å². The van der Waals surface area contributed by atoms with Crippen LogP contribution in [0.5, 0.6) is 0 Å². The molecule has 2 atom stereocenters. The van der Waals surface area contributed by atoms with E-state index in [0.717, 1.165) is 0 Å². The van der Waals surface area contributed by atoms with Gasteiger partial charge in [-0.3, -0.25) is 29.0 Å². The molecule has 2 saturated heterocycles. The first-order chi connectivity index (χ1) is 12.0. The van der Waals surface area contributed by atoms with Gasteiger partial charge in [-0.1, -0.05) is 6.42 Å². The molecule has 0 aromatic carbocycles. The van der Waals surface area contributed by atoms with Gasteiger partial charge in [0.25, 0.3) is 10.0 Å². The van der Waals surface area contributed by atoms with E-state index in [-0.39, 0.29) is 52.4 Å². The van der Waals surface area contributed by atoms with E-state index in [9.17, 15) is 13.2 Å². The molecule has 144 valence electrons. The number of hydrogen-bond acceptors (Lipinski definition) is 7. The molecular formula is C12H16N5NaO7S2. The fourth-order valence-electron chi connectivity index (χ4n) is 2.58. The third kappa shape index (κ3) is 6.99. The monoisotopic (exact) mass is 429 g/mol. The number of aromatic nitrogens is 1. The summed E-state index contributed by atoms with van der Waals surface area (Å²) in [5.41, 5.74) is 0. The van der Waals surface area contributed by atoms with Gasteiger partial charge in [0.1, 0.15) is 10.7 Å². The average Bonchev–Trinajstić information content (AvgIpc) is 2.80. The second-order valence-corrected chi connectivity index (χ2v) is 8.04. The van der Waals surface area contributed by atoms with Crippen LogP contribution in [0, 0.1) is 5.41 Å². The van der Waals surface area contributed by atoms with E-state index in [1.165, 1.54) is 29.4 Å². The van der Waals surface area contributed by atoms with Crippen LogP contribution in [-0.4, -0.2) is 66.3 Å². The van der Waals surface area contributed by atoms with Crippen LogP contribution in [0.25, 0.3) is 5.32 Å². The number of hydrogen-bond donors (Lipinski definition) is 4. The quantitative estimate of drug-likeness (QED) is 0.169. The summed E-state index contributed by atoms with van der Waals surface area (Å²) in [5.74, 6) is -0.206. The average molecular weight is 429 g/mol. The van der Waals surface area contributed by atoms with Gasteiger partial charge in [-0.15, -0.1) is 0 Å². The number of nitrogens with zero attached hydrogens (tertiary/aromatic N) is 3. The first kappa shape index (κ1) is 23.7. The van der Waals surface area contributed by atoms with E-state index in [1.807, 2.05) is 0 Å². The van der Waals surface area contributed by atoms with Crippen molar-refractivity contribution in [3.8, 4) is 0 Å². The summed E-state index contributed by atoms with van der Waals surface area (Å²) >= 11 is 0. The number of carbonyl (C=O) groups is 1. The maximum atomic E-state index is 12.2. The Balaban J connectivity index is 0.000000542. The molecule has 3 rings (SSSR count). The molecule has 0 unspecified atom stereocenters. The fraction of sp³-hybridized carbons (Fsp3) is 0.417. The molecule has 2 aliphatic heterocycles. The number of sulfonamides is 1. The largest absolute Gasteiger partial charge is 1.00 e. The number of rotatable bonds is 3. The molecule has 1 aromatic rings. The molecule has 1 aromatic heterocycles. The Labute approximate surface area is 178 Å². The zero-order valence-electron chi connectivity index (χ0n) is 14.2. The minimum atomic E-state index is -4.67. The molecule has 0 spiro atoms. The summed E-state index contributed by atoms with van der Waals surface area (Å²) in [6.45, 7) is 0.459. The third-order valence-electron chi connectivity index (χ3n) is 3.62. The second-order valence-electron chi connectivity index (χ2n) is 5.47. The number of nitrogens with one attached hydrogen (secondary N) is 2. The van der Waals surface area contributed by atoms with Crippen molar-refractivity contribution < 1.29 is 60.3 Å². The van der Waals surface area contributed by atoms with E-state index in [2.05, 4.69) is 15.0 Å². The summed E-state index contributed by atoms with van der Waals surface area (Å²) in [7, 11) is -8.52. The Morgan fingerprint density at radius 1 is 1.30 bits per heavy atom. The van der Waals surface area contributed by atoms with Gasteiger partial charge in [-0.25, -0.2) is 8.42 Å². The van der Waals surface area contributed by atoms with Crippen molar-refractivity contribution in [3.05, 3.63) is 29.8 Å². The van der Waals surface area contributed by atoms with Crippen LogP contribution in [0.2, 0.25) is 0 Å². The van der Waals surface area contributed by atoms with Crippen LogP contribution in [0.4, 0.5) is 4.79 Å². The van der Waals surface area contributed by atoms with Gasteiger partial charge in [-0.2, -0.15) is 8.42 Å². The van der Waals surface area contributed by atoms with Crippen molar-refractivity contribution in [2.45, 2.75) is 29.8 Å². The normalized spacial score (nSPS) is 21.3. The third-order valence-corrected chi connectivity index (χ3v) is 4.97. The number of pyridine rings is 1. The van der Waals surface area contributed by atoms with Crippen molar-refractivity contribution in [1.82, 2.24) is 14.6 Å². The Bertz CT molecular complexity index is 886. The van der Waals surface area contributed by atoms with Crippen LogP contribution in [0.1, 0.15) is 12.8 Å². The molecule has 4 N–H and O–H groups in total. The van der Waals surface area contributed by atoms with Crippen molar-refractivity contribution in [1.29, 1.82) is 5.41 Å². The predicted octanol–water partition coefficient (Wildman–Crippen LogP) is -2.97. The summed E-state index contributed by atoms with van der Waals surface area (Å²) in [6, 6.07) is 1.96. The number of amidine groups is 1. The molecule has 0 aliphatic carbocycles. The van der Waals surface area contributed by atoms with E-state index in [1.54, 1.807) is 0 Å². The molecule has 2 amide bonds. The SMILES string of the molecule is N=C(NS(=O)(=O)c1cccnc1)[C@@H]1CC[C@@H]2CN1C(=O)[N-]2.O=S(=O)(O)O.[Na+]. The summed E-state index contributed by atoms with van der Waals surface area (Å²) < 4.78 is 58.1. The van der Waals surface area contributed by atoms with Gasteiger partial charge in [0.2, 0.25) is 0 Å². The van der Waals surface area contributed by atoms with E-state index < -0.39 is 26.5 Å². The van der Waals surface area contributed by atoms with Gasteiger partial charge in [-0.05, 0) is 31.1 Å². The van der Waals surface area contributed by atoms with E-state index in [0.29, 0.717) is 19.4 Å². The Morgan fingerprint density at radius 3 is 2.48 bits per heavy atom. The van der Waals surface area contributed by atoms with E-state index >= 15 is 0 Å². The van der Waals surface area contributed by atoms with Crippen LogP contribution >= 0.6 is 0 Å². The molecular weight excluding hydrogens is 413 g/mol. The Morgan fingerprint density at radius 2 is 1.93 bits per heavy atom. The molecule has 27 heavy (non-hydrogen) atoms. The van der Waals surface area contributed by atoms with Crippen molar-refractivity contribution in [3.63, 3.8) is 0 Å². The van der Waals surface area contributed by atoms with Crippen molar-refractivity contribution in [2.75, 3.05) is 6.54 Å². The van der Waals surface area contributed by atoms with Crippen LogP contribution in [0.3, 0.4) is 0 Å². The molecule has 2 bridgehead atoms. The standard InChI is InChI=1S/C12H15N5O3S.Na.H2O4S/c13-11(10-4-3-8-7-17(10)12(18)15-8)16-21(19,20)9-2-1-5-14-6-9;;1-5(2,3)4/h1-2,5-6,8,10H,3-4,7H2,(H3,13,15,16,18);;(H2,1,2,3,4)/q;+1;/p-1/t8-,10+;;/m1../s1. The maximum absolute atomic E-state index is 12.2. The molecule has 2 fully saturated rings. The predicted molar refractivity (Wildman–Crippen MR) is 88.7 cm³/mol. The minimum Gasteiger partial charge on any atom is -0.427 e. The van der Waals surface area contributed by atoms with Gasteiger partial charge >= 0.3 is 40.0 Å². The first-order valence-electron chi connectivity index (χ1n) is 7.20. The smallest absolute Gasteiger partial charge is 0.427 e. The number of fused-ring (bicyclic) bond motifs is 2. The Hall–Kier alpha value is -1.29. The molecule has 0 radical (unpaired) electrons. The van der Waals surface area contributed by atoms with Crippen molar-refractivity contribution in [2.24, 2.45) is 0 Å². The van der Waals surface area contributed by atoms with Crippen LogP contribution in [0.15, 0.2) is 29.4 Å². The fourth-order valence-corrected chi connectivity index (χ4v) is 3.58. The topological polar surface area (TPSA) is 192 Å². The summed E-state index contributed by atoms with van der Waals surface area (Å²) in [6.07, 6.45) is 3.90. The number of amides is 2. The van der Waals surface area contributed by atoms with Gasteiger partial charge in [0, 0.05) is 18.4 Å². The molecule has 12 nitrogen and oxygen atoms in total. The zero-order valence-corrected chi connectivity index (χ0v) is 17.8. The maximum Gasteiger partial charge on any atom is 1.00 e. The Kier molecular flexibility index (Phi) is 8.15. The minimum absolute atomic E-state index is 0. The second kappa shape index (κ2) is 9.27. The molecule has 2 aliphatic rings. The zero-order chi connectivity index (χ0) is 19.5. The van der Waals surface area contributed by atoms with Crippen LogP contribution in [-0.2, 0) is 20.4 Å². The number of carbonyl (C=O) groups excluding carboxylic acids is 1. The molecule has 0 saturated carbocycles. The van der Waals surface area contributed by atoms with Gasteiger partial charge in [0.05, 0.1) is 0 Å². The summed E-state index contributed by atoms with van der Waals surface area (Å²) in [5, 5.41) is 11.9. The number of urea groups is 1. The van der Waals surface area contributed by atoms with E-state index in [4.69, 9.17) is 22.9 Å². The number of piperidine rings is 1. The summed E-state index contributed by atoms with van der Waals surface area (Å²) in [4.78, 5) is 16.9. The van der Waals surface area contributed by atoms with Gasteiger partial charge < -0.3 is 10.2 Å².